The van der Waals surface area contributed by atoms with Crippen LogP contribution in [0.5, 0.6) is 0 Å². The van der Waals surface area contributed by atoms with Gasteiger partial charge in [0.15, 0.2) is 0 Å². The van der Waals surface area contributed by atoms with E-state index in [-0.39, 0.29) is 0 Å². The number of nitrogens with one attached hydrogen (secondary N) is 2. The van der Waals surface area contributed by atoms with Gasteiger partial charge in [0.25, 0.3) is 0 Å². The molecule has 44 heavy (non-hydrogen) atoms. The third kappa shape index (κ3) is 4.51. The molecule has 6 rings (SSSR count). The van der Waals surface area contributed by atoms with E-state index in [1.807, 2.05) is 6.08 Å². The minimum atomic E-state index is 0.897. The van der Waals surface area contributed by atoms with Crippen molar-refractivity contribution >= 4 is 50.4 Å². The van der Waals surface area contributed by atoms with Crippen LogP contribution in [0.1, 0.15) is 105 Å². The van der Waals surface area contributed by atoms with E-state index in [2.05, 4.69) is 114 Å². The summed E-state index contributed by atoms with van der Waals surface area (Å²) >= 11 is 0. The lowest BCUT2D eigenvalue weighted by molar-refractivity contribution is 1.14. The Balaban J connectivity index is 1.93. The predicted molar refractivity (Wildman–Crippen MR) is 190 cm³/mol. The first kappa shape index (κ1) is 29.6. The quantitative estimate of drug-likeness (QED) is 0.238. The second-order valence-electron chi connectivity index (χ2n) is 12.0. The summed E-state index contributed by atoms with van der Waals surface area (Å²) in [6, 6.07) is 15.3. The van der Waals surface area contributed by atoms with E-state index < -0.39 is 0 Å². The number of aromatic amines is 2. The van der Waals surface area contributed by atoms with E-state index in [0.29, 0.717) is 0 Å². The Morgan fingerprint density at radius 2 is 1.18 bits per heavy atom. The number of rotatable bonds is 6. The maximum Gasteiger partial charge on any atom is 0.0771 e. The Hall–Kier alpha value is -4.44. The molecule has 0 atom stereocenters. The zero-order chi connectivity index (χ0) is 31.3. The average molecular weight is 581 g/mol. The fourth-order valence-corrected chi connectivity index (χ4v) is 7.30. The van der Waals surface area contributed by atoms with Gasteiger partial charge in [-0.05, 0) is 116 Å². The number of benzene rings is 1. The molecule has 0 amide bonds. The van der Waals surface area contributed by atoms with Gasteiger partial charge in [-0.3, -0.25) is 0 Å². The van der Waals surface area contributed by atoms with Gasteiger partial charge in [-0.25, -0.2) is 9.97 Å². The molecule has 0 radical (unpaired) electrons. The summed E-state index contributed by atoms with van der Waals surface area (Å²) in [6.07, 6.45) is 5.62. The summed E-state index contributed by atoms with van der Waals surface area (Å²) in [5.74, 6) is 0. The van der Waals surface area contributed by atoms with Crippen LogP contribution in [0.15, 0.2) is 49.0 Å². The molecule has 2 aliphatic heterocycles. The number of aryl methyl sites for hydroxylation is 4. The molecule has 4 heteroatoms. The first-order chi connectivity index (χ1) is 21.3. The molecular formula is C40H44N4. The van der Waals surface area contributed by atoms with Gasteiger partial charge in [-0.2, -0.15) is 0 Å². The van der Waals surface area contributed by atoms with Crippen molar-refractivity contribution in [1.29, 1.82) is 0 Å². The minimum Gasteiger partial charge on any atom is -0.354 e. The maximum absolute atomic E-state index is 5.43. The van der Waals surface area contributed by atoms with Crippen LogP contribution in [0.4, 0.5) is 0 Å². The summed E-state index contributed by atoms with van der Waals surface area (Å²) in [6.45, 7) is 22.1. The highest BCUT2D eigenvalue weighted by Crippen LogP contribution is 2.42. The molecule has 5 heterocycles. The summed E-state index contributed by atoms with van der Waals surface area (Å²) < 4.78 is 0. The highest BCUT2D eigenvalue weighted by molar-refractivity contribution is 6.02. The fraction of sp³-hybridized carbons (Fsp3) is 0.300. The molecule has 0 saturated heterocycles. The lowest BCUT2D eigenvalue weighted by Gasteiger charge is -2.10. The SMILES string of the molecule is C=Cc1c2nc(cc3nc(c(-c4ccccc4)c4[nH]c(cc5[nH]c1c(CC)c5C)c(C)c4CC)C(CC)=C3C)C(C)=C2CC. The van der Waals surface area contributed by atoms with Crippen LogP contribution in [0.25, 0.3) is 61.6 Å². The Kier molecular flexibility index (Phi) is 7.79. The van der Waals surface area contributed by atoms with Crippen molar-refractivity contribution < 1.29 is 0 Å². The fourth-order valence-electron chi connectivity index (χ4n) is 7.30. The molecule has 8 bridgehead atoms. The molecule has 0 aliphatic carbocycles. The number of fused-ring (bicyclic) bond motifs is 8. The van der Waals surface area contributed by atoms with Crippen LogP contribution in [-0.2, 0) is 12.8 Å². The van der Waals surface area contributed by atoms with E-state index in [1.165, 1.54) is 55.7 Å². The second-order valence-corrected chi connectivity index (χ2v) is 12.0. The molecule has 2 N–H and O–H groups in total. The molecule has 0 saturated carbocycles. The van der Waals surface area contributed by atoms with E-state index in [4.69, 9.17) is 9.97 Å². The van der Waals surface area contributed by atoms with Crippen LogP contribution in [0.3, 0.4) is 0 Å². The van der Waals surface area contributed by atoms with E-state index in [9.17, 15) is 0 Å². The zero-order valence-electron chi connectivity index (χ0n) is 27.5. The molecule has 2 aliphatic rings. The topological polar surface area (TPSA) is 57.4 Å². The predicted octanol–water partition coefficient (Wildman–Crippen LogP) is 11.0. The number of nitrogens with zero attached hydrogens (tertiary/aromatic N) is 2. The first-order valence-corrected chi connectivity index (χ1v) is 16.1. The van der Waals surface area contributed by atoms with Gasteiger partial charge < -0.3 is 9.97 Å². The molecule has 4 nitrogen and oxygen atoms in total. The molecular weight excluding hydrogens is 536 g/mol. The Morgan fingerprint density at radius 1 is 0.659 bits per heavy atom. The maximum atomic E-state index is 5.43. The highest BCUT2D eigenvalue weighted by atomic mass is 14.8. The van der Waals surface area contributed by atoms with Crippen molar-refractivity contribution in [1.82, 2.24) is 19.9 Å². The van der Waals surface area contributed by atoms with Gasteiger partial charge in [0.2, 0.25) is 0 Å². The van der Waals surface area contributed by atoms with Crippen molar-refractivity contribution in [2.45, 2.75) is 81.1 Å². The van der Waals surface area contributed by atoms with Crippen LogP contribution in [0, 0.1) is 13.8 Å². The number of hydrogen-bond acceptors (Lipinski definition) is 2. The Morgan fingerprint density at radius 3 is 1.73 bits per heavy atom. The molecule has 0 fully saturated rings. The largest absolute Gasteiger partial charge is 0.354 e. The van der Waals surface area contributed by atoms with E-state index >= 15 is 0 Å². The smallest absolute Gasteiger partial charge is 0.0771 e. The van der Waals surface area contributed by atoms with Crippen molar-refractivity contribution in [3.05, 3.63) is 99.6 Å². The summed E-state index contributed by atoms with van der Waals surface area (Å²) in [4.78, 5) is 18.5. The van der Waals surface area contributed by atoms with Crippen LogP contribution in [-0.4, -0.2) is 19.9 Å². The van der Waals surface area contributed by atoms with Gasteiger partial charge in [-0.1, -0.05) is 70.7 Å². The van der Waals surface area contributed by atoms with Crippen LogP contribution in [0.2, 0.25) is 0 Å². The first-order valence-electron chi connectivity index (χ1n) is 16.1. The zero-order valence-corrected chi connectivity index (χ0v) is 27.5. The van der Waals surface area contributed by atoms with E-state index in [0.717, 1.165) is 76.1 Å². The average Bonchev–Trinajstić information content (AvgIpc) is 3.71. The Bertz CT molecular complexity index is 2040. The Labute approximate surface area is 261 Å². The molecule has 0 spiro atoms. The number of H-pyrrole nitrogens is 2. The summed E-state index contributed by atoms with van der Waals surface area (Å²) in [7, 11) is 0. The van der Waals surface area contributed by atoms with Crippen molar-refractivity contribution in [2.24, 2.45) is 0 Å². The van der Waals surface area contributed by atoms with Gasteiger partial charge in [0, 0.05) is 22.2 Å². The third-order valence-electron chi connectivity index (χ3n) is 9.80. The van der Waals surface area contributed by atoms with Gasteiger partial charge >= 0.3 is 0 Å². The number of aromatic nitrogens is 4. The van der Waals surface area contributed by atoms with Crippen LogP contribution >= 0.6 is 0 Å². The van der Waals surface area contributed by atoms with Gasteiger partial charge in [-0.15, -0.1) is 0 Å². The van der Waals surface area contributed by atoms with Crippen molar-refractivity contribution in [2.75, 3.05) is 0 Å². The lowest BCUT2D eigenvalue weighted by atomic mass is 9.94. The van der Waals surface area contributed by atoms with E-state index in [1.54, 1.807) is 0 Å². The third-order valence-corrected chi connectivity index (χ3v) is 9.80. The minimum absolute atomic E-state index is 0.897. The number of hydrogen-bond donors (Lipinski definition) is 2. The second kappa shape index (κ2) is 11.6. The molecule has 4 aromatic rings. The van der Waals surface area contributed by atoms with Crippen molar-refractivity contribution in [3.8, 4) is 11.1 Å². The summed E-state index contributed by atoms with van der Waals surface area (Å²) in [5, 5.41) is 0. The van der Waals surface area contributed by atoms with Gasteiger partial charge in [0.05, 0.1) is 33.8 Å². The van der Waals surface area contributed by atoms with Crippen LogP contribution < -0.4 is 0 Å². The number of allylic oxidation sites excluding steroid dienone is 4. The molecule has 3 aromatic heterocycles. The molecule has 224 valence electrons. The van der Waals surface area contributed by atoms with Gasteiger partial charge in [0.1, 0.15) is 0 Å². The highest BCUT2D eigenvalue weighted by Gasteiger charge is 2.25. The standard InChI is InChI=1S/C40H44N4/c1-10-27-22(6)32-20-34-24(8)29(12-3)39(43-34)36(26-18-16-15-17-19-26)40-30(13-4)25(9)35(44-40)21-33-23(7)28(11-2)38(42-33)31(14-5)37(27)41-32/h14-21,41,43H,5,10-13H2,1-4,6-9H3. The summed E-state index contributed by atoms with van der Waals surface area (Å²) in [5.41, 5.74) is 22.2. The molecule has 1 aromatic carbocycles. The lowest BCUT2D eigenvalue weighted by Crippen LogP contribution is -1.92. The normalized spacial score (nSPS) is 13.3. The molecule has 0 unspecified atom stereocenters. The monoisotopic (exact) mass is 580 g/mol. The van der Waals surface area contributed by atoms with Crippen molar-refractivity contribution in [3.63, 3.8) is 0 Å².